The summed E-state index contributed by atoms with van der Waals surface area (Å²) in [6.07, 6.45) is 1.92. The van der Waals surface area contributed by atoms with Crippen LogP contribution in [-0.2, 0) is 22.6 Å². The lowest BCUT2D eigenvalue weighted by atomic mass is 9.98. The van der Waals surface area contributed by atoms with Crippen molar-refractivity contribution in [3.63, 3.8) is 0 Å². The van der Waals surface area contributed by atoms with Crippen LogP contribution in [0.5, 0.6) is 0 Å². The minimum absolute atomic E-state index is 0.0138. The molecule has 1 aliphatic heterocycles. The summed E-state index contributed by atoms with van der Waals surface area (Å²) in [5.41, 5.74) is 6.65. The Morgan fingerprint density at radius 2 is 1.64 bits per heavy atom. The van der Waals surface area contributed by atoms with E-state index in [0.29, 0.717) is 12.1 Å². The van der Waals surface area contributed by atoms with Crippen molar-refractivity contribution >= 4 is 5.91 Å². The standard InChI is InChI=1S/C36H38N2O4/c1-3-19-38(2)24-33-22-34(28-17-15-26(25-39)16-18-28)42-36(41-33)32-14-8-13-31(21-32)30-12-7-9-27(20-30)23-37-35(40)29-10-5-4-6-11-29/h3-18,20-21,33-34,36,39H,1,19,22-25H2,2H3,(H,37,40)/t33-,34+,36+/m0/s1. The van der Waals surface area contributed by atoms with Gasteiger partial charge in [-0.2, -0.15) is 0 Å². The van der Waals surface area contributed by atoms with Crippen LogP contribution in [0.1, 0.15) is 51.4 Å². The summed E-state index contributed by atoms with van der Waals surface area (Å²) in [5, 5.41) is 12.5. The summed E-state index contributed by atoms with van der Waals surface area (Å²) < 4.78 is 13.1. The van der Waals surface area contributed by atoms with Crippen molar-refractivity contribution in [3.8, 4) is 11.1 Å². The number of likely N-dealkylation sites (N-methyl/N-ethyl adjacent to an activating group) is 1. The molecule has 42 heavy (non-hydrogen) atoms. The van der Waals surface area contributed by atoms with Gasteiger partial charge in [0.1, 0.15) is 0 Å². The third-order valence-electron chi connectivity index (χ3n) is 7.48. The molecule has 6 nitrogen and oxygen atoms in total. The van der Waals surface area contributed by atoms with Gasteiger partial charge in [0.15, 0.2) is 6.29 Å². The molecule has 1 aliphatic rings. The molecule has 5 rings (SSSR count). The molecular formula is C36H38N2O4. The lowest BCUT2D eigenvalue weighted by Crippen LogP contribution is -2.37. The number of carbonyl (C=O) groups is 1. The highest BCUT2D eigenvalue weighted by Gasteiger charge is 2.32. The summed E-state index contributed by atoms with van der Waals surface area (Å²) in [6, 6.07) is 33.6. The zero-order valence-electron chi connectivity index (χ0n) is 24.0. The van der Waals surface area contributed by atoms with E-state index in [4.69, 9.17) is 9.47 Å². The van der Waals surface area contributed by atoms with Gasteiger partial charge in [0.05, 0.1) is 18.8 Å². The Hall–Kier alpha value is -4.07. The smallest absolute Gasteiger partial charge is 0.251 e. The van der Waals surface area contributed by atoms with Crippen LogP contribution in [0.2, 0.25) is 0 Å². The van der Waals surface area contributed by atoms with Crippen LogP contribution in [-0.4, -0.2) is 42.2 Å². The fraction of sp³-hybridized carbons (Fsp3) is 0.250. The predicted octanol–water partition coefficient (Wildman–Crippen LogP) is 6.44. The van der Waals surface area contributed by atoms with Gasteiger partial charge in [-0.1, -0.05) is 84.9 Å². The van der Waals surface area contributed by atoms with Crippen molar-refractivity contribution in [3.05, 3.63) is 144 Å². The van der Waals surface area contributed by atoms with Gasteiger partial charge in [0.2, 0.25) is 0 Å². The quantitative estimate of drug-likeness (QED) is 0.206. The van der Waals surface area contributed by atoms with Crippen LogP contribution in [0, 0.1) is 0 Å². The minimum atomic E-state index is -0.531. The van der Waals surface area contributed by atoms with Gasteiger partial charge in [0.25, 0.3) is 5.91 Å². The third kappa shape index (κ3) is 7.60. The van der Waals surface area contributed by atoms with Gasteiger partial charge in [-0.15, -0.1) is 6.58 Å². The van der Waals surface area contributed by atoms with Gasteiger partial charge < -0.3 is 24.8 Å². The average Bonchev–Trinajstić information content (AvgIpc) is 3.04. The molecule has 216 valence electrons. The normalized spacial score (nSPS) is 18.5. The van der Waals surface area contributed by atoms with E-state index in [2.05, 4.69) is 48.1 Å². The Bertz CT molecular complexity index is 1470. The highest BCUT2D eigenvalue weighted by Crippen LogP contribution is 2.39. The molecule has 0 unspecified atom stereocenters. The molecule has 2 N–H and O–H groups in total. The zero-order valence-corrected chi connectivity index (χ0v) is 24.0. The van der Waals surface area contributed by atoms with Crippen molar-refractivity contribution in [2.45, 2.75) is 38.1 Å². The molecule has 4 aromatic rings. The third-order valence-corrected chi connectivity index (χ3v) is 7.48. The molecule has 0 saturated carbocycles. The fourth-order valence-corrected chi connectivity index (χ4v) is 5.28. The number of nitrogens with zero attached hydrogens (tertiary/aromatic N) is 1. The topological polar surface area (TPSA) is 71.0 Å². The molecule has 3 atom stereocenters. The van der Waals surface area contributed by atoms with E-state index in [1.54, 1.807) is 0 Å². The second-order valence-electron chi connectivity index (χ2n) is 10.7. The molecule has 0 bridgehead atoms. The first-order valence-corrected chi connectivity index (χ1v) is 14.3. The van der Waals surface area contributed by atoms with Crippen molar-refractivity contribution in [1.82, 2.24) is 10.2 Å². The van der Waals surface area contributed by atoms with Crippen molar-refractivity contribution in [2.75, 3.05) is 20.1 Å². The Morgan fingerprint density at radius 3 is 2.38 bits per heavy atom. The number of nitrogens with one attached hydrogen (secondary N) is 1. The molecule has 0 spiro atoms. The summed E-state index contributed by atoms with van der Waals surface area (Å²) in [5.74, 6) is -0.0940. The highest BCUT2D eigenvalue weighted by molar-refractivity contribution is 5.94. The van der Waals surface area contributed by atoms with Crippen molar-refractivity contribution in [2.24, 2.45) is 0 Å². The first-order chi connectivity index (χ1) is 20.5. The molecule has 0 radical (unpaired) electrons. The number of hydrogen-bond donors (Lipinski definition) is 2. The van der Waals surface area contributed by atoms with E-state index in [9.17, 15) is 9.90 Å². The predicted molar refractivity (Wildman–Crippen MR) is 166 cm³/mol. The Balaban J connectivity index is 1.34. The van der Waals surface area contributed by atoms with E-state index in [1.807, 2.05) is 84.9 Å². The number of aliphatic hydroxyl groups is 1. The van der Waals surface area contributed by atoms with Gasteiger partial charge >= 0.3 is 0 Å². The van der Waals surface area contributed by atoms with Gasteiger partial charge in [0, 0.05) is 37.2 Å². The molecule has 1 heterocycles. The zero-order chi connectivity index (χ0) is 29.3. The maximum atomic E-state index is 12.5. The fourth-order valence-electron chi connectivity index (χ4n) is 5.28. The molecule has 0 aliphatic carbocycles. The lowest BCUT2D eigenvalue weighted by Gasteiger charge is -2.37. The lowest BCUT2D eigenvalue weighted by molar-refractivity contribution is -0.252. The maximum Gasteiger partial charge on any atom is 0.251 e. The average molecular weight is 563 g/mol. The van der Waals surface area contributed by atoms with Crippen LogP contribution in [0.3, 0.4) is 0 Å². The summed E-state index contributed by atoms with van der Waals surface area (Å²) in [4.78, 5) is 14.7. The Morgan fingerprint density at radius 1 is 0.905 bits per heavy atom. The van der Waals surface area contributed by atoms with Crippen LogP contribution < -0.4 is 5.32 Å². The molecule has 0 aromatic heterocycles. The highest BCUT2D eigenvalue weighted by atomic mass is 16.7. The molecule has 6 heteroatoms. The number of carbonyl (C=O) groups excluding carboxylic acids is 1. The van der Waals surface area contributed by atoms with Crippen LogP contribution in [0.4, 0.5) is 0 Å². The second-order valence-corrected chi connectivity index (χ2v) is 10.7. The summed E-state index contributed by atoms with van der Waals surface area (Å²) in [6.45, 7) is 5.85. The number of benzene rings is 4. The van der Waals surface area contributed by atoms with E-state index >= 15 is 0 Å². The number of hydrogen-bond acceptors (Lipinski definition) is 5. The van der Waals surface area contributed by atoms with E-state index in [-0.39, 0.29) is 24.7 Å². The SMILES string of the molecule is C=CCN(C)C[C@@H]1C[C@H](c2ccc(CO)cc2)O[C@H](c2cccc(-c3cccc(CNC(=O)c4ccccc4)c3)c2)O1. The van der Waals surface area contributed by atoms with Crippen LogP contribution >= 0.6 is 0 Å². The van der Waals surface area contributed by atoms with E-state index in [1.165, 1.54) is 0 Å². The maximum absolute atomic E-state index is 12.5. The first kappa shape index (κ1) is 29.4. The molecule has 1 amide bonds. The molecule has 4 aromatic carbocycles. The van der Waals surface area contributed by atoms with Crippen molar-refractivity contribution < 1.29 is 19.4 Å². The van der Waals surface area contributed by atoms with Crippen LogP contribution in [0.15, 0.2) is 116 Å². The van der Waals surface area contributed by atoms with Crippen LogP contribution in [0.25, 0.3) is 11.1 Å². The Labute approximate surface area is 248 Å². The molecular weight excluding hydrogens is 524 g/mol. The van der Waals surface area contributed by atoms with Gasteiger partial charge in [-0.3, -0.25) is 4.79 Å². The largest absolute Gasteiger partial charge is 0.392 e. The van der Waals surface area contributed by atoms with Crippen molar-refractivity contribution in [1.29, 1.82) is 0 Å². The summed E-state index contributed by atoms with van der Waals surface area (Å²) >= 11 is 0. The summed E-state index contributed by atoms with van der Waals surface area (Å²) in [7, 11) is 2.07. The van der Waals surface area contributed by atoms with E-state index < -0.39 is 6.29 Å². The monoisotopic (exact) mass is 562 g/mol. The van der Waals surface area contributed by atoms with Gasteiger partial charge in [-0.25, -0.2) is 0 Å². The number of amides is 1. The first-order valence-electron chi connectivity index (χ1n) is 14.3. The number of rotatable bonds is 11. The molecule has 1 saturated heterocycles. The number of aliphatic hydroxyl groups excluding tert-OH is 1. The second kappa shape index (κ2) is 14.2. The van der Waals surface area contributed by atoms with Gasteiger partial charge in [-0.05, 0) is 59.1 Å². The van der Waals surface area contributed by atoms with E-state index in [0.717, 1.165) is 52.9 Å². The molecule has 1 fully saturated rings. The number of ether oxygens (including phenoxy) is 2. The minimum Gasteiger partial charge on any atom is -0.392 e. The Kier molecular flexibility index (Phi) is 9.95.